The van der Waals surface area contributed by atoms with Crippen LogP contribution in [0.15, 0.2) is 42.6 Å². The summed E-state index contributed by atoms with van der Waals surface area (Å²) < 4.78 is 20.1. The van der Waals surface area contributed by atoms with Crippen molar-refractivity contribution in [2.24, 2.45) is 0 Å². The molecular weight excluding hydrogens is 277 g/mol. The number of para-hydroxylation sites is 1. The highest BCUT2D eigenvalue weighted by atomic mass is 19.1. The standard InChI is InChI=1S/C14H10FN3O3/c15-10-5-1-2-6-11(10)21-8-12-16-13-9(14(19)20)4-3-7-18(13)17-12/h1-7H,8H2,(H,19,20). The van der Waals surface area contributed by atoms with Gasteiger partial charge in [-0.1, -0.05) is 12.1 Å². The lowest BCUT2D eigenvalue weighted by atomic mass is 10.3. The lowest BCUT2D eigenvalue weighted by molar-refractivity contribution is 0.0698. The molecule has 3 rings (SSSR count). The van der Waals surface area contributed by atoms with Gasteiger partial charge < -0.3 is 9.84 Å². The lowest BCUT2D eigenvalue weighted by Crippen LogP contribution is -2.00. The molecule has 0 aliphatic heterocycles. The molecule has 0 bridgehead atoms. The van der Waals surface area contributed by atoms with Crippen LogP contribution in [0.5, 0.6) is 5.75 Å². The number of carboxylic acid groups (broad SMARTS) is 1. The zero-order valence-corrected chi connectivity index (χ0v) is 10.7. The van der Waals surface area contributed by atoms with E-state index in [9.17, 15) is 9.18 Å². The quantitative estimate of drug-likeness (QED) is 0.795. The fourth-order valence-corrected chi connectivity index (χ4v) is 1.88. The van der Waals surface area contributed by atoms with Crippen molar-refractivity contribution < 1.29 is 19.0 Å². The van der Waals surface area contributed by atoms with E-state index in [1.165, 1.54) is 22.7 Å². The van der Waals surface area contributed by atoms with Gasteiger partial charge >= 0.3 is 5.97 Å². The van der Waals surface area contributed by atoms with Crippen molar-refractivity contribution >= 4 is 11.6 Å². The van der Waals surface area contributed by atoms with Gasteiger partial charge in [-0.15, -0.1) is 5.10 Å². The predicted octanol–water partition coefficient (Wildman–Crippen LogP) is 2.15. The van der Waals surface area contributed by atoms with E-state index in [0.29, 0.717) is 0 Å². The number of carboxylic acids is 1. The van der Waals surface area contributed by atoms with Crippen molar-refractivity contribution in [3.05, 3.63) is 59.8 Å². The topological polar surface area (TPSA) is 76.7 Å². The highest BCUT2D eigenvalue weighted by molar-refractivity contribution is 5.94. The second-order valence-corrected chi connectivity index (χ2v) is 4.24. The number of carbonyl (C=O) groups is 1. The lowest BCUT2D eigenvalue weighted by Gasteiger charge is -2.03. The number of pyridine rings is 1. The minimum absolute atomic E-state index is 0.0436. The second kappa shape index (κ2) is 5.20. The Balaban J connectivity index is 1.87. The number of aromatic nitrogens is 3. The number of hydrogen-bond donors (Lipinski definition) is 1. The monoisotopic (exact) mass is 287 g/mol. The molecule has 106 valence electrons. The summed E-state index contributed by atoms with van der Waals surface area (Å²) in [6.07, 6.45) is 1.58. The van der Waals surface area contributed by atoms with Gasteiger partial charge in [0.15, 0.2) is 23.0 Å². The van der Waals surface area contributed by atoms with E-state index in [0.717, 1.165) is 0 Å². The zero-order chi connectivity index (χ0) is 14.8. The van der Waals surface area contributed by atoms with Crippen LogP contribution >= 0.6 is 0 Å². The summed E-state index contributed by atoms with van der Waals surface area (Å²) in [4.78, 5) is 15.2. The number of hydrogen-bond acceptors (Lipinski definition) is 4. The predicted molar refractivity (Wildman–Crippen MR) is 70.7 cm³/mol. The summed E-state index contributed by atoms with van der Waals surface area (Å²) in [6, 6.07) is 8.99. The van der Waals surface area contributed by atoms with Gasteiger partial charge in [-0.25, -0.2) is 18.7 Å². The fourth-order valence-electron chi connectivity index (χ4n) is 1.88. The van der Waals surface area contributed by atoms with Crippen LogP contribution in [-0.2, 0) is 6.61 Å². The molecule has 0 atom stereocenters. The molecule has 0 aliphatic rings. The molecule has 1 aromatic carbocycles. The number of benzene rings is 1. The van der Waals surface area contributed by atoms with E-state index in [4.69, 9.17) is 9.84 Å². The summed E-state index contributed by atoms with van der Waals surface area (Å²) in [7, 11) is 0. The number of nitrogens with zero attached hydrogens (tertiary/aromatic N) is 3. The number of rotatable bonds is 4. The normalized spacial score (nSPS) is 10.7. The molecule has 0 saturated carbocycles. The van der Waals surface area contributed by atoms with Gasteiger partial charge in [-0.2, -0.15) is 0 Å². The third-order valence-electron chi connectivity index (χ3n) is 2.83. The van der Waals surface area contributed by atoms with Crippen LogP contribution in [0.3, 0.4) is 0 Å². The van der Waals surface area contributed by atoms with Crippen LogP contribution in [0.4, 0.5) is 4.39 Å². The summed E-state index contributed by atoms with van der Waals surface area (Å²) in [5.41, 5.74) is 0.263. The van der Waals surface area contributed by atoms with Crippen molar-refractivity contribution in [2.45, 2.75) is 6.61 Å². The Bertz CT molecular complexity index is 816. The van der Waals surface area contributed by atoms with Gasteiger partial charge in [0, 0.05) is 6.20 Å². The number of ether oxygens (including phenoxy) is 1. The maximum atomic E-state index is 13.4. The summed E-state index contributed by atoms with van der Waals surface area (Å²) in [5.74, 6) is -1.20. The molecule has 0 amide bonds. The molecule has 0 spiro atoms. The van der Waals surface area contributed by atoms with E-state index in [1.807, 2.05) is 0 Å². The molecule has 0 fully saturated rings. The minimum Gasteiger partial charge on any atom is -0.482 e. The van der Waals surface area contributed by atoms with Crippen molar-refractivity contribution in [2.75, 3.05) is 0 Å². The third kappa shape index (κ3) is 2.53. The van der Waals surface area contributed by atoms with Gasteiger partial charge in [-0.05, 0) is 24.3 Å². The molecule has 1 N–H and O–H groups in total. The summed E-state index contributed by atoms with van der Waals surface area (Å²) in [5, 5.41) is 13.2. The summed E-state index contributed by atoms with van der Waals surface area (Å²) >= 11 is 0. The zero-order valence-electron chi connectivity index (χ0n) is 10.7. The first-order valence-corrected chi connectivity index (χ1v) is 6.10. The SMILES string of the molecule is O=C(O)c1cccn2nc(COc3ccccc3F)nc12. The minimum atomic E-state index is -1.09. The number of fused-ring (bicyclic) bond motifs is 1. The van der Waals surface area contributed by atoms with E-state index < -0.39 is 11.8 Å². The van der Waals surface area contributed by atoms with Crippen LogP contribution in [0, 0.1) is 5.82 Å². The molecule has 7 heteroatoms. The number of halogens is 1. The summed E-state index contributed by atoms with van der Waals surface area (Å²) in [6.45, 7) is -0.0539. The van der Waals surface area contributed by atoms with Crippen LogP contribution in [-0.4, -0.2) is 25.7 Å². The molecule has 0 aliphatic carbocycles. The van der Waals surface area contributed by atoms with Gasteiger partial charge in [0.25, 0.3) is 0 Å². The van der Waals surface area contributed by atoms with E-state index in [2.05, 4.69) is 10.1 Å². The first-order valence-electron chi connectivity index (χ1n) is 6.10. The molecule has 0 unspecified atom stereocenters. The van der Waals surface area contributed by atoms with Crippen LogP contribution in [0.2, 0.25) is 0 Å². The first kappa shape index (κ1) is 13.0. The molecule has 2 aromatic heterocycles. The molecule has 6 nitrogen and oxygen atoms in total. The van der Waals surface area contributed by atoms with Crippen LogP contribution in [0.1, 0.15) is 16.2 Å². The molecule has 3 aromatic rings. The van der Waals surface area contributed by atoms with Gasteiger partial charge in [0.1, 0.15) is 12.2 Å². The Morgan fingerprint density at radius 2 is 2.10 bits per heavy atom. The van der Waals surface area contributed by atoms with Crippen LogP contribution in [0.25, 0.3) is 5.65 Å². The molecular formula is C14H10FN3O3. The average Bonchev–Trinajstić information content (AvgIpc) is 2.88. The van der Waals surface area contributed by atoms with Crippen molar-refractivity contribution in [3.8, 4) is 5.75 Å². The van der Waals surface area contributed by atoms with Gasteiger partial charge in [-0.3, -0.25) is 0 Å². The molecule has 0 saturated heterocycles. The Morgan fingerprint density at radius 3 is 2.86 bits per heavy atom. The Labute approximate surface area is 118 Å². The average molecular weight is 287 g/mol. The largest absolute Gasteiger partial charge is 0.482 e. The molecule has 21 heavy (non-hydrogen) atoms. The Kier molecular flexibility index (Phi) is 3.23. The maximum Gasteiger partial charge on any atom is 0.339 e. The molecule has 2 heterocycles. The molecule has 0 radical (unpaired) electrons. The van der Waals surface area contributed by atoms with E-state index in [1.54, 1.807) is 24.4 Å². The van der Waals surface area contributed by atoms with E-state index in [-0.39, 0.29) is 29.4 Å². The highest BCUT2D eigenvalue weighted by Gasteiger charge is 2.13. The van der Waals surface area contributed by atoms with Gasteiger partial charge in [0.05, 0.1) is 0 Å². The van der Waals surface area contributed by atoms with E-state index >= 15 is 0 Å². The Morgan fingerprint density at radius 1 is 1.29 bits per heavy atom. The van der Waals surface area contributed by atoms with Crippen molar-refractivity contribution in [1.82, 2.24) is 14.6 Å². The van der Waals surface area contributed by atoms with Gasteiger partial charge in [0.2, 0.25) is 0 Å². The Hall–Kier alpha value is -2.96. The maximum absolute atomic E-state index is 13.4. The second-order valence-electron chi connectivity index (χ2n) is 4.24. The smallest absolute Gasteiger partial charge is 0.339 e. The fraction of sp³-hybridized carbons (Fsp3) is 0.0714. The van der Waals surface area contributed by atoms with Crippen molar-refractivity contribution in [1.29, 1.82) is 0 Å². The third-order valence-corrected chi connectivity index (χ3v) is 2.83. The first-order chi connectivity index (χ1) is 10.1. The van der Waals surface area contributed by atoms with Crippen molar-refractivity contribution in [3.63, 3.8) is 0 Å². The highest BCUT2D eigenvalue weighted by Crippen LogP contribution is 2.17. The van der Waals surface area contributed by atoms with Crippen LogP contribution < -0.4 is 4.74 Å². The number of aromatic carboxylic acids is 1.